The van der Waals surface area contributed by atoms with Crippen molar-refractivity contribution < 1.29 is 4.79 Å². The van der Waals surface area contributed by atoms with Crippen LogP contribution in [0.4, 0.5) is 5.69 Å². The van der Waals surface area contributed by atoms with Gasteiger partial charge in [0.1, 0.15) is 6.67 Å². The zero-order valence-corrected chi connectivity index (χ0v) is 17.8. The minimum atomic E-state index is -0.265. The number of anilines is 1. The number of hydrogen-bond acceptors (Lipinski definition) is 5. The van der Waals surface area contributed by atoms with Crippen LogP contribution in [0.3, 0.4) is 0 Å². The number of fused-ring (bicyclic) bond motifs is 1. The minimum absolute atomic E-state index is 0.153. The van der Waals surface area contributed by atoms with E-state index in [1.165, 1.54) is 0 Å². The molecule has 6 nitrogen and oxygen atoms in total. The smallest absolute Gasteiger partial charge is 0.225 e. The van der Waals surface area contributed by atoms with Crippen LogP contribution in [0.1, 0.15) is 43.7 Å². The van der Waals surface area contributed by atoms with Crippen LogP contribution in [0.15, 0.2) is 41.8 Å². The van der Waals surface area contributed by atoms with Crippen LogP contribution in [0, 0.1) is 4.77 Å². The number of amides is 1. The molecule has 2 atom stereocenters. The molecule has 150 valence electrons. The van der Waals surface area contributed by atoms with Crippen molar-refractivity contribution in [3.8, 4) is 10.7 Å². The number of nitrogens with two attached hydrogens (primary N) is 1. The van der Waals surface area contributed by atoms with E-state index in [0.717, 1.165) is 39.6 Å². The number of aromatic nitrogens is 3. The summed E-state index contributed by atoms with van der Waals surface area (Å²) < 4.78 is 4.91. The van der Waals surface area contributed by atoms with Crippen molar-refractivity contribution >= 4 is 35.1 Å². The standard InChI is InChI=1S/C21H23N5OS2/c1-13-11-16(19(22)27)15-5-2-3-6-17(15)24(13)12-25-21(28)26(14-8-9-14)20(23-25)18-7-4-10-29-18/h2-7,10,13-14,16H,8-9,11-12H2,1H3,(H2,22,27)/t13-,16-/m1/s1. The number of para-hydroxylation sites is 1. The van der Waals surface area contributed by atoms with Gasteiger partial charge in [0.15, 0.2) is 10.6 Å². The Balaban J connectivity index is 1.55. The first kappa shape index (κ1) is 18.6. The topological polar surface area (TPSA) is 69.1 Å². The van der Waals surface area contributed by atoms with Gasteiger partial charge in [0.2, 0.25) is 5.91 Å². The molecule has 2 N–H and O–H groups in total. The molecular formula is C21H23N5OS2. The highest BCUT2D eigenvalue weighted by atomic mass is 32.1. The maximum absolute atomic E-state index is 12.0. The molecule has 0 radical (unpaired) electrons. The zero-order chi connectivity index (χ0) is 20.1. The van der Waals surface area contributed by atoms with E-state index in [1.807, 2.05) is 28.9 Å². The molecule has 1 amide bonds. The van der Waals surface area contributed by atoms with E-state index in [2.05, 4.69) is 33.9 Å². The SMILES string of the molecule is C[C@@H]1C[C@@H](C(N)=O)c2ccccc2N1Cn1nc(-c2cccs2)n(C2CC2)c1=S. The maximum atomic E-state index is 12.0. The number of carbonyl (C=O) groups is 1. The van der Waals surface area contributed by atoms with E-state index < -0.39 is 0 Å². The Kier molecular flexibility index (Phi) is 4.55. The molecule has 1 aliphatic carbocycles. The number of rotatable bonds is 5. The van der Waals surface area contributed by atoms with Gasteiger partial charge in [0.25, 0.3) is 0 Å². The summed E-state index contributed by atoms with van der Waals surface area (Å²) in [5.41, 5.74) is 7.72. The summed E-state index contributed by atoms with van der Waals surface area (Å²) in [7, 11) is 0. The van der Waals surface area contributed by atoms with Gasteiger partial charge < -0.3 is 10.6 Å². The third kappa shape index (κ3) is 3.20. The highest BCUT2D eigenvalue weighted by Crippen LogP contribution is 2.41. The van der Waals surface area contributed by atoms with E-state index in [4.69, 9.17) is 23.1 Å². The van der Waals surface area contributed by atoms with E-state index >= 15 is 0 Å². The van der Waals surface area contributed by atoms with Crippen LogP contribution in [-0.4, -0.2) is 26.3 Å². The lowest BCUT2D eigenvalue weighted by molar-refractivity contribution is -0.119. The molecule has 0 bridgehead atoms. The number of primary amides is 1. The van der Waals surface area contributed by atoms with E-state index in [-0.39, 0.29) is 17.9 Å². The molecule has 8 heteroatoms. The quantitative estimate of drug-likeness (QED) is 0.619. The number of carbonyl (C=O) groups excluding carboxylic acids is 1. The molecular weight excluding hydrogens is 402 g/mol. The third-order valence-electron chi connectivity index (χ3n) is 5.88. The first-order chi connectivity index (χ1) is 14.0. The first-order valence-electron chi connectivity index (χ1n) is 9.92. The van der Waals surface area contributed by atoms with Crippen LogP contribution in [-0.2, 0) is 11.5 Å². The van der Waals surface area contributed by atoms with Crippen molar-refractivity contribution in [3.63, 3.8) is 0 Å². The predicted molar refractivity (Wildman–Crippen MR) is 118 cm³/mol. The van der Waals surface area contributed by atoms with E-state index in [0.29, 0.717) is 19.1 Å². The van der Waals surface area contributed by atoms with Gasteiger partial charge >= 0.3 is 0 Å². The fraction of sp³-hybridized carbons (Fsp3) is 0.381. The van der Waals surface area contributed by atoms with Gasteiger partial charge in [-0.2, -0.15) is 0 Å². The summed E-state index contributed by atoms with van der Waals surface area (Å²) >= 11 is 7.53. The molecule has 0 unspecified atom stereocenters. The van der Waals surface area contributed by atoms with Gasteiger partial charge in [0.05, 0.1) is 10.8 Å². The van der Waals surface area contributed by atoms with Gasteiger partial charge in [-0.15, -0.1) is 16.4 Å². The minimum Gasteiger partial charge on any atom is -0.369 e. The molecule has 3 heterocycles. The highest BCUT2D eigenvalue weighted by Gasteiger charge is 2.34. The average molecular weight is 426 g/mol. The summed E-state index contributed by atoms with van der Waals surface area (Å²) in [6, 6.07) is 12.8. The van der Waals surface area contributed by atoms with Crippen molar-refractivity contribution in [1.29, 1.82) is 0 Å². The van der Waals surface area contributed by atoms with Crippen LogP contribution in [0.2, 0.25) is 0 Å². The Morgan fingerprint density at radius 2 is 2.07 bits per heavy atom. The Morgan fingerprint density at radius 3 is 2.76 bits per heavy atom. The molecule has 5 rings (SSSR count). The monoisotopic (exact) mass is 425 g/mol. The fourth-order valence-electron chi connectivity index (χ4n) is 4.25. The lowest BCUT2D eigenvalue weighted by Gasteiger charge is -2.39. The van der Waals surface area contributed by atoms with Gasteiger partial charge in [-0.25, -0.2) is 4.68 Å². The average Bonchev–Trinajstić information content (AvgIpc) is 3.28. The van der Waals surface area contributed by atoms with Crippen molar-refractivity contribution in [3.05, 3.63) is 52.1 Å². The summed E-state index contributed by atoms with van der Waals surface area (Å²) in [6.45, 7) is 2.69. The molecule has 1 saturated carbocycles. The van der Waals surface area contributed by atoms with Gasteiger partial charge in [0, 0.05) is 17.8 Å². The van der Waals surface area contributed by atoms with Crippen molar-refractivity contribution in [1.82, 2.24) is 14.3 Å². The molecule has 1 fully saturated rings. The van der Waals surface area contributed by atoms with Crippen molar-refractivity contribution in [2.45, 2.75) is 50.9 Å². The van der Waals surface area contributed by atoms with Crippen LogP contribution in [0.25, 0.3) is 10.7 Å². The first-order valence-corrected chi connectivity index (χ1v) is 11.2. The number of nitrogens with zero attached hydrogens (tertiary/aromatic N) is 4. The summed E-state index contributed by atoms with van der Waals surface area (Å²) in [5, 5.41) is 6.99. The zero-order valence-electron chi connectivity index (χ0n) is 16.2. The molecule has 2 aliphatic rings. The van der Waals surface area contributed by atoms with Gasteiger partial charge in [-0.3, -0.25) is 9.36 Å². The normalized spacial score (nSPS) is 21.2. The van der Waals surface area contributed by atoms with Gasteiger partial charge in [-0.05, 0) is 61.5 Å². The number of hydrogen-bond donors (Lipinski definition) is 1. The molecule has 29 heavy (non-hydrogen) atoms. The molecule has 0 saturated heterocycles. The lowest BCUT2D eigenvalue weighted by atomic mass is 9.86. The lowest BCUT2D eigenvalue weighted by Crippen LogP contribution is -2.42. The molecule has 0 spiro atoms. The molecule has 3 aromatic rings. The Hall–Kier alpha value is -2.45. The molecule has 2 aromatic heterocycles. The second-order valence-electron chi connectivity index (χ2n) is 7.89. The van der Waals surface area contributed by atoms with E-state index in [1.54, 1.807) is 11.3 Å². The maximum Gasteiger partial charge on any atom is 0.225 e. The highest BCUT2D eigenvalue weighted by molar-refractivity contribution is 7.71. The second-order valence-corrected chi connectivity index (χ2v) is 9.21. The number of thiophene rings is 1. The summed E-state index contributed by atoms with van der Waals surface area (Å²) in [4.78, 5) is 15.4. The number of benzene rings is 1. The van der Waals surface area contributed by atoms with Crippen molar-refractivity contribution in [2.75, 3.05) is 4.90 Å². The third-order valence-corrected chi connectivity index (χ3v) is 7.16. The van der Waals surface area contributed by atoms with E-state index in [9.17, 15) is 4.79 Å². The Bertz CT molecular complexity index is 1110. The van der Waals surface area contributed by atoms with Crippen LogP contribution >= 0.6 is 23.6 Å². The summed E-state index contributed by atoms with van der Waals surface area (Å²) in [5.74, 6) is 0.440. The van der Waals surface area contributed by atoms with Crippen molar-refractivity contribution in [2.24, 2.45) is 5.73 Å². The molecule has 1 aliphatic heterocycles. The fourth-order valence-corrected chi connectivity index (χ4v) is 5.29. The Labute approximate surface area is 178 Å². The van der Waals surface area contributed by atoms with Crippen LogP contribution < -0.4 is 10.6 Å². The largest absolute Gasteiger partial charge is 0.369 e. The summed E-state index contributed by atoms with van der Waals surface area (Å²) in [6.07, 6.45) is 3.00. The second kappa shape index (κ2) is 7.11. The van der Waals surface area contributed by atoms with Crippen LogP contribution in [0.5, 0.6) is 0 Å². The Morgan fingerprint density at radius 1 is 1.28 bits per heavy atom. The predicted octanol–water partition coefficient (Wildman–Crippen LogP) is 4.30. The van der Waals surface area contributed by atoms with Gasteiger partial charge in [-0.1, -0.05) is 24.3 Å². The molecule has 1 aromatic carbocycles.